The second kappa shape index (κ2) is 6.38. The van der Waals surface area contributed by atoms with Crippen LogP contribution in [0.25, 0.3) is 0 Å². The molecule has 2 rings (SSSR count). The van der Waals surface area contributed by atoms with Crippen LogP contribution in [0.15, 0.2) is 48.5 Å². The molecule has 20 heavy (non-hydrogen) atoms. The average molecular weight is 271 g/mol. The molecule has 0 heterocycles. The van der Waals surface area contributed by atoms with E-state index in [4.69, 9.17) is 9.47 Å². The van der Waals surface area contributed by atoms with Crippen LogP contribution in [0.5, 0.6) is 11.5 Å². The zero-order valence-electron chi connectivity index (χ0n) is 10.8. The summed E-state index contributed by atoms with van der Waals surface area (Å²) in [5, 5.41) is 2.56. The van der Waals surface area contributed by atoms with Gasteiger partial charge in [0.1, 0.15) is 11.5 Å². The Morgan fingerprint density at radius 1 is 1.15 bits per heavy atom. The molecule has 1 N–H and O–H groups in total. The van der Waals surface area contributed by atoms with Crippen LogP contribution in [0, 0.1) is 0 Å². The number of hydrogen-bond donors (Lipinski definition) is 1. The van der Waals surface area contributed by atoms with Crippen molar-refractivity contribution in [3.63, 3.8) is 0 Å². The summed E-state index contributed by atoms with van der Waals surface area (Å²) >= 11 is 0. The van der Waals surface area contributed by atoms with Gasteiger partial charge in [0, 0.05) is 11.8 Å². The lowest BCUT2D eigenvalue weighted by atomic mass is 10.2. The summed E-state index contributed by atoms with van der Waals surface area (Å²) in [4.78, 5) is 22.5. The van der Waals surface area contributed by atoms with E-state index in [1.54, 1.807) is 42.5 Å². The quantitative estimate of drug-likeness (QED) is 0.868. The summed E-state index contributed by atoms with van der Waals surface area (Å²) in [5.41, 5.74) is 0.892. The van der Waals surface area contributed by atoms with Gasteiger partial charge in [-0.15, -0.1) is 0 Å². The van der Waals surface area contributed by atoms with Crippen molar-refractivity contribution >= 4 is 18.1 Å². The minimum atomic E-state index is -0.614. The summed E-state index contributed by atoms with van der Waals surface area (Å²) in [6.07, 6.45) is 0.0716. The number of ether oxygens (including phenoxy) is 2. The van der Waals surface area contributed by atoms with Crippen LogP contribution in [-0.4, -0.2) is 19.5 Å². The van der Waals surface area contributed by atoms with E-state index in [0.29, 0.717) is 29.0 Å². The predicted octanol–water partition coefficient (Wildman–Crippen LogP) is 3.12. The van der Waals surface area contributed by atoms with Gasteiger partial charge in [-0.2, -0.15) is 0 Å². The molecule has 1 amide bonds. The zero-order valence-corrected chi connectivity index (χ0v) is 10.8. The number of aldehydes is 1. The minimum absolute atomic E-state index is 0.387. The standard InChI is InChI=1S/C15H13NO4/c1-19-14-9-12(8-7-11(14)10-17)16-15(18)20-13-5-3-2-4-6-13/h2-10H,1H3,(H,16,18). The second-order valence-corrected chi connectivity index (χ2v) is 3.90. The van der Waals surface area contributed by atoms with E-state index in [1.807, 2.05) is 6.07 Å². The number of rotatable bonds is 4. The number of benzene rings is 2. The number of hydrogen-bond acceptors (Lipinski definition) is 4. The molecule has 0 saturated carbocycles. The Bertz CT molecular complexity index is 611. The number of para-hydroxylation sites is 1. The van der Waals surface area contributed by atoms with Gasteiger partial charge < -0.3 is 9.47 Å². The van der Waals surface area contributed by atoms with Gasteiger partial charge in [-0.25, -0.2) is 4.79 Å². The Labute approximate surface area is 116 Å². The number of amides is 1. The van der Waals surface area contributed by atoms with E-state index in [-0.39, 0.29) is 0 Å². The number of carbonyl (C=O) groups excluding carboxylic acids is 2. The molecule has 2 aromatic rings. The first-order valence-electron chi connectivity index (χ1n) is 5.90. The molecular weight excluding hydrogens is 258 g/mol. The fourth-order valence-electron chi connectivity index (χ4n) is 1.63. The van der Waals surface area contributed by atoms with Gasteiger partial charge in [0.2, 0.25) is 0 Å². The van der Waals surface area contributed by atoms with Crippen molar-refractivity contribution in [2.45, 2.75) is 0 Å². The number of methoxy groups -OCH3 is 1. The molecule has 5 heteroatoms. The largest absolute Gasteiger partial charge is 0.496 e. The molecule has 0 fully saturated rings. The highest BCUT2D eigenvalue weighted by Crippen LogP contribution is 2.22. The molecule has 0 aromatic heterocycles. The van der Waals surface area contributed by atoms with E-state index in [0.717, 1.165) is 0 Å². The van der Waals surface area contributed by atoms with Gasteiger partial charge in [-0.3, -0.25) is 10.1 Å². The van der Waals surface area contributed by atoms with Crippen molar-refractivity contribution in [1.82, 2.24) is 0 Å². The minimum Gasteiger partial charge on any atom is -0.496 e. The topological polar surface area (TPSA) is 64.6 Å². The molecule has 0 spiro atoms. The van der Waals surface area contributed by atoms with Gasteiger partial charge in [0.25, 0.3) is 0 Å². The Kier molecular flexibility index (Phi) is 4.34. The lowest BCUT2D eigenvalue weighted by Crippen LogP contribution is -2.16. The van der Waals surface area contributed by atoms with Crippen molar-refractivity contribution in [3.8, 4) is 11.5 Å². The molecule has 0 bridgehead atoms. The molecular formula is C15H13NO4. The molecule has 0 atom stereocenters. The van der Waals surface area contributed by atoms with Gasteiger partial charge in [0.05, 0.1) is 12.7 Å². The second-order valence-electron chi connectivity index (χ2n) is 3.90. The predicted molar refractivity (Wildman–Crippen MR) is 74.5 cm³/mol. The van der Waals surface area contributed by atoms with Crippen LogP contribution in [0.3, 0.4) is 0 Å². The fourth-order valence-corrected chi connectivity index (χ4v) is 1.63. The van der Waals surface area contributed by atoms with Crippen LogP contribution in [-0.2, 0) is 0 Å². The average Bonchev–Trinajstić information content (AvgIpc) is 2.48. The first kappa shape index (κ1) is 13.6. The molecule has 2 aromatic carbocycles. The summed E-state index contributed by atoms with van der Waals surface area (Å²) in [5.74, 6) is 0.832. The number of nitrogens with one attached hydrogen (secondary N) is 1. The Hall–Kier alpha value is -2.82. The monoisotopic (exact) mass is 271 g/mol. The highest BCUT2D eigenvalue weighted by Gasteiger charge is 2.08. The van der Waals surface area contributed by atoms with Crippen molar-refractivity contribution < 1.29 is 19.1 Å². The van der Waals surface area contributed by atoms with Crippen LogP contribution >= 0.6 is 0 Å². The van der Waals surface area contributed by atoms with Crippen molar-refractivity contribution in [1.29, 1.82) is 0 Å². The third-order valence-electron chi connectivity index (χ3n) is 2.56. The molecule has 0 aliphatic heterocycles. The lowest BCUT2D eigenvalue weighted by Gasteiger charge is -2.09. The molecule has 0 saturated heterocycles. The normalized spacial score (nSPS) is 9.65. The van der Waals surface area contributed by atoms with Crippen molar-refractivity contribution in [2.24, 2.45) is 0 Å². The van der Waals surface area contributed by atoms with Crippen molar-refractivity contribution in [3.05, 3.63) is 54.1 Å². The van der Waals surface area contributed by atoms with Gasteiger partial charge >= 0.3 is 6.09 Å². The summed E-state index contributed by atoms with van der Waals surface area (Å²) in [6, 6.07) is 13.4. The molecule has 0 radical (unpaired) electrons. The SMILES string of the molecule is COc1cc(NC(=O)Oc2ccccc2)ccc1C=O. The molecule has 0 unspecified atom stereocenters. The fraction of sp³-hybridized carbons (Fsp3) is 0.0667. The number of carbonyl (C=O) groups is 2. The van der Waals surface area contributed by atoms with E-state index in [1.165, 1.54) is 7.11 Å². The van der Waals surface area contributed by atoms with Crippen LogP contribution in [0.1, 0.15) is 10.4 Å². The first-order valence-corrected chi connectivity index (χ1v) is 5.90. The maximum atomic E-state index is 11.7. The highest BCUT2D eigenvalue weighted by molar-refractivity contribution is 5.88. The molecule has 5 nitrogen and oxygen atoms in total. The maximum absolute atomic E-state index is 11.7. The summed E-state index contributed by atoms with van der Waals surface area (Å²) < 4.78 is 10.1. The van der Waals surface area contributed by atoms with Crippen LogP contribution in [0.2, 0.25) is 0 Å². The molecule has 0 aliphatic carbocycles. The number of anilines is 1. The Morgan fingerprint density at radius 3 is 2.55 bits per heavy atom. The van der Waals surface area contributed by atoms with E-state index < -0.39 is 6.09 Å². The lowest BCUT2D eigenvalue weighted by molar-refractivity contribution is 0.112. The maximum Gasteiger partial charge on any atom is 0.417 e. The van der Waals surface area contributed by atoms with Gasteiger partial charge in [-0.05, 0) is 24.3 Å². The Morgan fingerprint density at radius 2 is 1.90 bits per heavy atom. The first-order chi connectivity index (χ1) is 9.72. The molecule has 0 aliphatic rings. The van der Waals surface area contributed by atoms with Gasteiger partial charge in [-0.1, -0.05) is 18.2 Å². The van der Waals surface area contributed by atoms with E-state index in [9.17, 15) is 9.59 Å². The van der Waals surface area contributed by atoms with E-state index >= 15 is 0 Å². The Balaban J connectivity index is 2.06. The third-order valence-corrected chi connectivity index (χ3v) is 2.56. The van der Waals surface area contributed by atoms with Crippen molar-refractivity contribution in [2.75, 3.05) is 12.4 Å². The third kappa shape index (κ3) is 3.35. The van der Waals surface area contributed by atoms with Gasteiger partial charge in [0.15, 0.2) is 6.29 Å². The highest BCUT2D eigenvalue weighted by atomic mass is 16.6. The smallest absolute Gasteiger partial charge is 0.417 e. The summed E-state index contributed by atoms with van der Waals surface area (Å²) in [7, 11) is 1.45. The van der Waals surface area contributed by atoms with Crippen LogP contribution in [0.4, 0.5) is 10.5 Å². The van der Waals surface area contributed by atoms with E-state index in [2.05, 4.69) is 5.32 Å². The zero-order chi connectivity index (χ0) is 14.4. The molecule has 102 valence electrons. The summed E-state index contributed by atoms with van der Waals surface area (Å²) in [6.45, 7) is 0. The van der Waals surface area contributed by atoms with Crippen LogP contribution < -0.4 is 14.8 Å².